The predicted molar refractivity (Wildman–Crippen MR) is 122 cm³/mol. The first-order valence-electron chi connectivity index (χ1n) is 10.2. The number of benzene rings is 3. The van der Waals surface area contributed by atoms with Crippen LogP contribution in [-0.4, -0.2) is 25.5 Å². The normalized spacial score (nSPS) is 11.4. The minimum atomic E-state index is -0.241. The summed E-state index contributed by atoms with van der Waals surface area (Å²) in [6.07, 6.45) is 0. The Morgan fingerprint density at radius 3 is 2.35 bits per heavy atom. The summed E-state index contributed by atoms with van der Waals surface area (Å²) in [7, 11) is 1.62. The molecular weight excluding hydrogens is 390 g/mol. The van der Waals surface area contributed by atoms with Crippen LogP contribution in [0.15, 0.2) is 78.9 Å². The maximum atomic E-state index is 12.7. The van der Waals surface area contributed by atoms with E-state index in [1.165, 1.54) is 0 Å². The Bertz CT molecular complexity index is 1020. The molecule has 0 heterocycles. The number of rotatable bonds is 9. The van der Waals surface area contributed by atoms with Crippen molar-refractivity contribution < 1.29 is 14.3 Å². The highest BCUT2D eigenvalue weighted by Gasteiger charge is 2.15. The molecule has 2 amide bonds. The van der Waals surface area contributed by atoms with Crippen molar-refractivity contribution in [2.24, 2.45) is 0 Å². The molecule has 1 unspecified atom stereocenters. The zero-order valence-corrected chi connectivity index (χ0v) is 17.7. The number of hydrogen-bond acceptors (Lipinski definition) is 4. The minimum absolute atomic E-state index is 0.0775. The van der Waals surface area contributed by atoms with E-state index in [-0.39, 0.29) is 24.4 Å². The third kappa shape index (κ3) is 6.17. The minimum Gasteiger partial charge on any atom is -0.496 e. The molecule has 0 bridgehead atoms. The van der Waals surface area contributed by atoms with Crippen LogP contribution in [0.1, 0.15) is 34.5 Å². The van der Waals surface area contributed by atoms with Gasteiger partial charge in [-0.1, -0.05) is 60.7 Å². The number of para-hydroxylation sites is 2. The molecule has 3 aromatic carbocycles. The Labute approximate surface area is 182 Å². The van der Waals surface area contributed by atoms with E-state index in [9.17, 15) is 9.59 Å². The molecule has 6 nitrogen and oxygen atoms in total. The predicted octanol–water partition coefficient (Wildman–Crippen LogP) is 3.91. The van der Waals surface area contributed by atoms with Crippen LogP contribution in [0.3, 0.4) is 0 Å². The average molecular weight is 418 g/mol. The summed E-state index contributed by atoms with van der Waals surface area (Å²) >= 11 is 0. The van der Waals surface area contributed by atoms with Crippen LogP contribution in [0.25, 0.3) is 0 Å². The lowest BCUT2D eigenvalue weighted by Crippen LogP contribution is -2.31. The number of ether oxygens (including phenoxy) is 1. The van der Waals surface area contributed by atoms with Crippen molar-refractivity contribution >= 4 is 17.5 Å². The number of nitrogens with one attached hydrogen (secondary N) is 3. The van der Waals surface area contributed by atoms with Crippen molar-refractivity contribution in [2.75, 3.05) is 19.0 Å². The number of amides is 2. The quantitative estimate of drug-likeness (QED) is 0.493. The van der Waals surface area contributed by atoms with Gasteiger partial charge in [0.05, 0.1) is 24.9 Å². The third-order valence-corrected chi connectivity index (χ3v) is 4.92. The highest BCUT2D eigenvalue weighted by Crippen LogP contribution is 2.24. The fraction of sp³-hybridized carbons (Fsp3) is 0.200. The van der Waals surface area contributed by atoms with E-state index in [1.54, 1.807) is 31.4 Å². The van der Waals surface area contributed by atoms with Crippen molar-refractivity contribution in [1.29, 1.82) is 0 Å². The maximum Gasteiger partial charge on any atom is 0.253 e. The highest BCUT2D eigenvalue weighted by molar-refractivity contribution is 6.04. The summed E-state index contributed by atoms with van der Waals surface area (Å²) in [5, 5.41) is 8.92. The van der Waals surface area contributed by atoms with Crippen molar-refractivity contribution in [1.82, 2.24) is 10.6 Å². The summed E-state index contributed by atoms with van der Waals surface area (Å²) in [6, 6.07) is 24.3. The number of methoxy groups -OCH3 is 1. The van der Waals surface area contributed by atoms with Gasteiger partial charge in [-0.3, -0.25) is 9.59 Å². The second kappa shape index (κ2) is 10.9. The highest BCUT2D eigenvalue weighted by atomic mass is 16.5. The largest absolute Gasteiger partial charge is 0.496 e. The molecule has 0 aromatic heterocycles. The van der Waals surface area contributed by atoms with Crippen molar-refractivity contribution in [3.8, 4) is 5.75 Å². The zero-order valence-electron chi connectivity index (χ0n) is 17.7. The first kappa shape index (κ1) is 22.1. The number of hydrogen-bond donors (Lipinski definition) is 3. The van der Waals surface area contributed by atoms with Crippen molar-refractivity contribution in [2.45, 2.75) is 19.5 Å². The van der Waals surface area contributed by atoms with E-state index in [1.807, 2.05) is 61.5 Å². The first-order valence-corrected chi connectivity index (χ1v) is 10.2. The van der Waals surface area contributed by atoms with Gasteiger partial charge in [0.15, 0.2) is 0 Å². The van der Waals surface area contributed by atoms with Gasteiger partial charge in [0.1, 0.15) is 5.75 Å². The lowest BCUT2D eigenvalue weighted by molar-refractivity contribution is -0.115. The van der Waals surface area contributed by atoms with Gasteiger partial charge >= 0.3 is 0 Å². The van der Waals surface area contributed by atoms with E-state index < -0.39 is 0 Å². The standard InChI is InChI=1S/C25H27N3O3/c1-18(20-12-7-9-15-23(20)31-2)26-17-24(29)28-22-14-8-6-13-21(22)25(30)27-16-19-10-4-3-5-11-19/h3-15,18,26H,16-17H2,1-2H3,(H,27,30)(H,28,29). The molecule has 0 saturated heterocycles. The van der Waals surface area contributed by atoms with Crippen LogP contribution >= 0.6 is 0 Å². The summed E-state index contributed by atoms with van der Waals surface area (Å²) in [6.45, 7) is 2.48. The topological polar surface area (TPSA) is 79.5 Å². The van der Waals surface area contributed by atoms with Gasteiger partial charge in [0.2, 0.25) is 5.91 Å². The van der Waals surface area contributed by atoms with Crippen LogP contribution in [0.2, 0.25) is 0 Å². The van der Waals surface area contributed by atoms with E-state index >= 15 is 0 Å². The molecule has 3 N–H and O–H groups in total. The average Bonchev–Trinajstić information content (AvgIpc) is 2.82. The fourth-order valence-corrected chi connectivity index (χ4v) is 3.24. The van der Waals surface area contributed by atoms with Gasteiger partial charge in [-0.05, 0) is 30.7 Å². The Balaban J connectivity index is 1.58. The molecule has 0 aliphatic heterocycles. The number of carbonyl (C=O) groups is 2. The van der Waals surface area contributed by atoms with E-state index in [4.69, 9.17) is 4.74 Å². The second-order valence-electron chi connectivity index (χ2n) is 7.11. The van der Waals surface area contributed by atoms with Gasteiger partial charge in [-0.2, -0.15) is 0 Å². The molecule has 3 aromatic rings. The lowest BCUT2D eigenvalue weighted by atomic mass is 10.1. The zero-order chi connectivity index (χ0) is 22.1. The number of anilines is 1. The molecular formula is C25H27N3O3. The molecule has 0 aliphatic carbocycles. The molecule has 0 spiro atoms. The molecule has 0 saturated carbocycles. The van der Waals surface area contributed by atoms with Gasteiger partial charge in [-0.25, -0.2) is 0 Å². The molecule has 160 valence electrons. The third-order valence-electron chi connectivity index (χ3n) is 4.92. The fourth-order valence-electron chi connectivity index (χ4n) is 3.24. The van der Waals surface area contributed by atoms with E-state index in [0.717, 1.165) is 16.9 Å². The van der Waals surface area contributed by atoms with E-state index in [2.05, 4.69) is 16.0 Å². The molecule has 6 heteroatoms. The smallest absolute Gasteiger partial charge is 0.253 e. The van der Waals surface area contributed by atoms with Crippen LogP contribution in [-0.2, 0) is 11.3 Å². The van der Waals surface area contributed by atoms with Crippen LogP contribution < -0.4 is 20.7 Å². The molecule has 0 radical (unpaired) electrons. The summed E-state index contributed by atoms with van der Waals surface area (Å²) < 4.78 is 5.38. The molecule has 0 aliphatic rings. The van der Waals surface area contributed by atoms with Crippen LogP contribution in [0.5, 0.6) is 5.75 Å². The van der Waals surface area contributed by atoms with Crippen LogP contribution in [0, 0.1) is 0 Å². The Kier molecular flexibility index (Phi) is 7.79. The second-order valence-corrected chi connectivity index (χ2v) is 7.11. The van der Waals surface area contributed by atoms with Crippen molar-refractivity contribution in [3.05, 3.63) is 95.6 Å². The summed E-state index contributed by atoms with van der Waals surface area (Å²) in [5.41, 5.74) is 2.87. The Morgan fingerprint density at radius 1 is 0.903 bits per heavy atom. The maximum absolute atomic E-state index is 12.7. The summed E-state index contributed by atoms with van der Waals surface area (Å²) in [4.78, 5) is 25.2. The Hall–Kier alpha value is -3.64. The van der Waals surface area contributed by atoms with Crippen molar-refractivity contribution in [3.63, 3.8) is 0 Å². The monoisotopic (exact) mass is 417 g/mol. The lowest BCUT2D eigenvalue weighted by Gasteiger charge is -2.17. The van der Waals surface area contributed by atoms with Crippen LogP contribution in [0.4, 0.5) is 5.69 Å². The molecule has 0 fully saturated rings. The summed E-state index contributed by atoms with van der Waals surface area (Å²) in [5.74, 6) is 0.295. The van der Waals surface area contributed by atoms with Gasteiger partial charge in [0.25, 0.3) is 5.91 Å². The van der Waals surface area contributed by atoms with Gasteiger partial charge in [-0.15, -0.1) is 0 Å². The first-order chi connectivity index (χ1) is 15.1. The molecule has 31 heavy (non-hydrogen) atoms. The molecule has 1 atom stereocenters. The Morgan fingerprint density at radius 2 is 1.58 bits per heavy atom. The number of carbonyl (C=O) groups excluding carboxylic acids is 2. The van der Waals surface area contributed by atoms with Gasteiger partial charge < -0.3 is 20.7 Å². The SMILES string of the molecule is COc1ccccc1C(C)NCC(=O)Nc1ccccc1C(=O)NCc1ccccc1. The van der Waals surface area contributed by atoms with Gasteiger partial charge in [0, 0.05) is 18.2 Å². The molecule has 3 rings (SSSR count). The van der Waals surface area contributed by atoms with E-state index in [0.29, 0.717) is 17.8 Å².